The minimum Gasteiger partial charge on any atom is -0.462 e. The van der Waals surface area contributed by atoms with Crippen molar-refractivity contribution in [2.24, 2.45) is 33.7 Å². The molecule has 4 heteroatoms. The van der Waals surface area contributed by atoms with Gasteiger partial charge in [0.1, 0.15) is 6.10 Å². The van der Waals surface area contributed by atoms with Crippen molar-refractivity contribution in [3.63, 3.8) is 0 Å². The van der Waals surface area contributed by atoms with Gasteiger partial charge in [0, 0.05) is 13.3 Å². The largest absolute Gasteiger partial charge is 0.462 e. The number of oxime groups is 1. The molecule has 0 radical (unpaired) electrons. The fraction of sp³-hybridized carbons (Fsp3) is 0.739. The minimum absolute atomic E-state index is 0.0652. The fourth-order valence-corrected chi connectivity index (χ4v) is 7.14. The summed E-state index contributed by atoms with van der Waals surface area (Å²) in [5.41, 5.74) is 3.99. The van der Waals surface area contributed by atoms with Gasteiger partial charge in [-0.1, -0.05) is 36.7 Å². The molecule has 148 valence electrons. The highest BCUT2D eigenvalue weighted by molar-refractivity contribution is 5.99. The quantitative estimate of drug-likeness (QED) is 0.237. The molecule has 0 spiro atoms. The first-order valence-corrected chi connectivity index (χ1v) is 10.6. The maximum Gasteiger partial charge on any atom is 0.302 e. The summed E-state index contributed by atoms with van der Waals surface area (Å²) in [6.07, 6.45) is 12.6. The Kier molecular flexibility index (Phi) is 4.51. The number of hydrogen-bond donors (Lipinski definition) is 1. The summed E-state index contributed by atoms with van der Waals surface area (Å²) in [4.78, 5) is 11.4. The predicted molar refractivity (Wildman–Crippen MR) is 106 cm³/mol. The van der Waals surface area contributed by atoms with Crippen LogP contribution in [-0.2, 0) is 9.53 Å². The molecule has 4 aliphatic carbocycles. The molecule has 27 heavy (non-hydrogen) atoms. The van der Waals surface area contributed by atoms with E-state index in [0.717, 1.165) is 37.8 Å². The molecule has 0 aromatic carbocycles. The summed E-state index contributed by atoms with van der Waals surface area (Å²) in [6.45, 7) is 8.30. The fourth-order valence-electron chi connectivity index (χ4n) is 7.14. The molecule has 0 saturated heterocycles. The molecule has 0 heterocycles. The summed E-state index contributed by atoms with van der Waals surface area (Å²) >= 11 is 0. The summed E-state index contributed by atoms with van der Waals surface area (Å²) in [5.74, 6) is 1.90. The summed E-state index contributed by atoms with van der Waals surface area (Å²) in [5, 5.41) is 12.8. The molecule has 2 fully saturated rings. The number of carbonyl (C=O) groups excluding carboxylic acids is 1. The number of ether oxygens (including phenoxy) is 1. The number of hydrogen-bond acceptors (Lipinski definition) is 4. The Bertz CT molecular complexity index is 736. The standard InChI is InChI=1S/C23H33NO3/c1-14(24-26)19-7-8-20-18-6-5-16-13-17(27-15(2)25)9-11-22(16,3)21(18)10-12-23(19,20)4/h5,7,17-18,20-21,26H,6,8-13H2,1-4H3/b24-14+/t17-,18-,20-,21+,22+,23-/m1/s1. The van der Waals surface area contributed by atoms with Crippen molar-refractivity contribution in [3.05, 3.63) is 23.3 Å². The lowest BCUT2D eigenvalue weighted by molar-refractivity contribution is -0.148. The lowest BCUT2D eigenvalue weighted by atomic mass is 9.47. The SMILES string of the molecule is CC(=O)O[C@@H]1CC[C@@]2(C)C(=CC[C@@H]3[C@H]4CC=C(/C(C)=N/O)[C@@]4(C)CC[C@@H]32)C1. The van der Waals surface area contributed by atoms with Crippen LogP contribution in [0.3, 0.4) is 0 Å². The van der Waals surface area contributed by atoms with E-state index in [0.29, 0.717) is 17.8 Å². The van der Waals surface area contributed by atoms with Crippen LogP contribution >= 0.6 is 0 Å². The van der Waals surface area contributed by atoms with Crippen molar-refractivity contribution in [1.82, 2.24) is 0 Å². The monoisotopic (exact) mass is 371 g/mol. The van der Waals surface area contributed by atoms with Gasteiger partial charge in [0.15, 0.2) is 0 Å². The number of esters is 1. The van der Waals surface area contributed by atoms with Gasteiger partial charge in [-0.15, -0.1) is 0 Å². The first-order chi connectivity index (χ1) is 12.8. The third kappa shape index (κ3) is 2.78. The van der Waals surface area contributed by atoms with Gasteiger partial charge in [-0.25, -0.2) is 0 Å². The number of carbonyl (C=O) groups is 1. The maximum atomic E-state index is 11.4. The van der Waals surface area contributed by atoms with Gasteiger partial charge in [-0.05, 0) is 79.6 Å². The predicted octanol–water partition coefficient (Wildman–Crippen LogP) is 5.27. The Balaban J connectivity index is 1.59. The second kappa shape index (κ2) is 6.49. The van der Waals surface area contributed by atoms with Gasteiger partial charge in [-0.2, -0.15) is 0 Å². The van der Waals surface area contributed by atoms with Crippen LogP contribution in [0.5, 0.6) is 0 Å². The van der Waals surface area contributed by atoms with Crippen molar-refractivity contribution < 1.29 is 14.7 Å². The first-order valence-electron chi connectivity index (χ1n) is 10.6. The Morgan fingerprint density at radius 3 is 2.56 bits per heavy atom. The van der Waals surface area contributed by atoms with E-state index in [4.69, 9.17) is 4.74 Å². The molecule has 2 saturated carbocycles. The summed E-state index contributed by atoms with van der Waals surface area (Å²) < 4.78 is 5.53. The van der Waals surface area contributed by atoms with Crippen LogP contribution in [0.2, 0.25) is 0 Å². The highest BCUT2D eigenvalue weighted by atomic mass is 16.5. The lowest BCUT2D eigenvalue weighted by Crippen LogP contribution is -2.50. The van der Waals surface area contributed by atoms with Crippen LogP contribution < -0.4 is 0 Å². The molecule has 1 N–H and O–H groups in total. The van der Waals surface area contributed by atoms with E-state index >= 15 is 0 Å². The average Bonchev–Trinajstić information content (AvgIpc) is 2.98. The molecular formula is C23H33NO3. The highest BCUT2D eigenvalue weighted by Crippen LogP contribution is 2.65. The van der Waals surface area contributed by atoms with Crippen molar-refractivity contribution in [2.75, 3.05) is 0 Å². The van der Waals surface area contributed by atoms with E-state index in [1.807, 2.05) is 6.92 Å². The first kappa shape index (κ1) is 18.8. The topological polar surface area (TPSA) is 58.9 Å². The van der Waals surface area contributed by atoms with E-state index in [-0.39, 0.29) is 22.9 Å². The van der Waals surface area contributed by atoms with Crippen LogP contribution in [0.15, 0.2) is 28.5 Å². The lowest BCUT2D eigenvalue weighted by Gasteiger charge is -2.57. The molecule has 0 unspecified atom stereocenters. The third-order valence-electron chi connectivity index (χ3n) is 8.51. The molecule has 4 nitrogen and oxygen atoms in total. The molecule has 4 rings (SSSR count). The smallest absolute Gasteiger partial charge is 0.302 e. The van der Waals surface area contributed by atoms with Crippen molar-refractivity contribution in [2.45, 2.75) is 78.7 Å². The molecule has 0 aliphatic heterocycles. The Morgan fingerprint density at radius 2 is 1.85 bits per heavy atom. The summed E-state index contributed by atoms with van der Waals surface area (Å²) in [6, 6.07) is 0. The summed E-state index contributed by atoms with van der Waals surface area (Å²) in [7, 11) is 0. The van der Waals surface area contributed by atoms with Crippen LogP contribution in [0.4, 0.5) is 0 Å². The van der Waals surface area contributed by atoms with E-state index in [1.165, 1.54) is 30.9 Å². The van der Waals surface area contributed by atoms with Crippen molar-refractivity contribution in [1.29, 1.82) is 0 Å². The van der Waals surface area contributed by atoms with Crippen LogP contribution in [0.25, 0.3) is 0 Å². The molecule has 0 amide bonds. The van der Waals surface area contributed by atoms with Crippen LogP contribution in [-0.4, -0.2) is 23.0 Å². The van der Waals surface area contributed by atoms with Gasteiger partial charge in [0.2, 0.25) is 0 Å². The van der Waals surface area contributed by atoms with E-state index in [9.17, 15) is 10.0 Å². The zero-order valence-electron chi connectivity index (χ0n) is 17.1. The Hall–Kier alpha value is -1.58. The molecule has 0 bridgehead atoms. The second-order valence-corrected chi connectivity index (χ2v) is 9.73. The maximum absolute atomic E-state index is 11.4. The third-order valence-corrected chi connectivity index (χ3v) is 8.51. The average molecular weight is 372 g/mol. The van der Waals surface area contributed by atoms with Crippen LogP contribution in [0.1, 0.15) is 72.6 Å². The van der Waals surface area contributed by atoms with E-state index in [2.05, 4.69) is 31.2 Å². The Labute approximate surface area is 162 Å². The van der Waals surface area contributed by atoms with E-state index < -0.39 is 0 Å². The number of rotatable bonds is 2. The van der Waals surface area contributed by atoms with Crippen molar-refractivity contribution >= 4 is 11.7 Å². The molecule has 0 aromatic rings. The normalized spacial score (nSPS) is 43.8. The number of nitrogens with zero attached hydrogens (tertiary/aromatic N) is 1. The molecular weight excluding hydrogens is 338 g/mol. The van der Waals surface area contributed by atoms with Gasteiger partial charge in [0.25, 0.3) is 0 Å². The molecule has 6 atom stereocenters. The number of fused-ring (bicyclic) bond motifs is 5. The molecule has 4 aliphatic rings. The van der Waals surface area contributed by atoms with Gasteiger partial charge in [-0.3, -0.25) is 4.79 Å². The number of allylic oxidation sites excluding steroid dienone is 3. The second-order valence-electron chi connectivity index (χ2n) is 9.73. The van der Waals surface area contributed by atoms with Gasteiger partial charge < -0.3 is 9.94 Å². The zero-order valence-corrected chi connectivity index (χ0v) is 17.1. The highest BCUT2D eigenvalue weighted by Gasteiger charge is 2.57. The van der Waals surface area contributed by atoms with Gasteiger partial charge in [0.05, 0.1) is 5.71 Å². The van der Waals surface area contributed by atoms with E-state index in [1.54, 1.807) is 0 Å². The Morgan fingerprint density at radius 1 is 1.11 bits per heavy atom. The van der Waals surface area contributed by atoms with Gasteiger partial charge >= 0.3 is 5.97 Å². The zero-order chi connectivity index (χ0) is 19.4. The van der Waals surface area contributed by atoms with Crippen molar-refractivity contribution in [3.8, 4) is 0 Å². The van der Waals surface area contributed by atoms with Crippen LogP contribution in [0, 0.1) is 28.6 Å². The molecule has 0 aromatic heterocycles. The minimum atomic E-state index is -0.156.